The van der Waals surface area contributed by atoms with Crippen molar-refractivity contribution in [2.24, 2.45) is 5.92 Å². The molecule has 3 rings (SSSR count). The smallest absolute Gasteiger partial charge is 0.253 e. The minimum atomic E-state index is -0.300. The number of aromatic nitrogens is 1. The summed E-state index contributed by atoms with van der Waals surface area (Å²) in [5.74, 6) is -0.645. The van der Waals surface area contributed by atoms with Gasteiger partial charge in [-0.2, -0.15) is 0 Å². The highest BCUT2D eigenvalue weighted by Crippen LogP contribution is 2.21. The fourth-order valence-electron chi connectivity index (χ4n) is 3.30. The molecular weight excluding hydrogens is 381 g/mol. The molecule has 1 aromatic heterocycles. The first-order valence-corrected chi connectivity index (χ1v) is 9.89. The zero-order chi connectivity index (χ0) is 21.8. The van der Waals surface area contributed by atoms with Crippen molar-refractivity contribution in [2.75, 3.05) is 5.32 Å². The molecule has 0 bridgehead atoms. The maximum Gasteiger partial charge on any atom is 0.253 e. The van der Waals surface area contributed by atoms with Crippen molar-refractivity contribution >= 4 is 17.5 Å². The van der Waals surface area contributed by atoms with Crippen LogP contribution >= 0.6 is 0 Å². The molecule has 6 heteroatoms. The summed E-state index contributed by atoms with van der Waals surface area (Å²) in [6.45, 7) is 7.79. The zero-order valence-electron chi connectivity index (χ0n) is 17.6. The van der Waals surface area contributed by atoms with Crippen LogP contribution in [-0.4, -0.2) is 16.4 Å². The summed E-state index contributed by atoms with van der Waals surface area (Å²) in [6.07, 6.45) is 0. The Balaban J connectivity index is 1.72. The number of rotatable bonds is 6. The lowest BCUT2D eigenvalue weighted by Crippen LogP contribution is -2.23. The summed E-state index contributed by atoms with van der Waals surface area (Å²) in [5.41, 5.74) is 4.64. The molecule has 0 unspecified atom stereocenters. The summed E-state index contributed by atoms with van der Waals surface area (Å²) >= 11 is 0. The van der Waals surface area contributed by atoms with Gasteiger partial charge in [-0.15, -0.1) is 0 Å². The average molecular weight is 407 g/mol. The molecule has 0 radical (unpaired) electrons. The fraction of sp³-hybridized carbons (Fsp3) is 0.250. The molecule has 2 aromatic carbocycles. The molecule has 3 aromatic rings. The summed E-state index contributed by atoms with van der Waals surface area (Å²) in [7, 11) is 0. The number of hydrogen-bond donors (Lipinski definition) is 2. The number of carbonyl (C=O) groups excluding carboxylic acids is 2. The van der Waals surface area contributed by atoms with E-state index in [1.54, 1.807) is 12.1 Å². The lowest BCUT2D eigenvalue weighted by Gasteiger charge is -2.11. The van der Waals surface area contributed by atoms with E-state index in [1.165, 1.54) is 12.1 Å². The van der Waals surface area contributed by atoms with Crippen LogP contribution in [0.1, 0.15) is 41.2 Å². The number of halogens is 1. The van der Waals surface area contributed by atoms with Crippen LogP contribution in [0.3, 0.4) is 0 Å². The Morgan fingerprint density at radius 1 is 1.03 bits per heavy atom. The van der Waals surface area contributed by atoms with Gasteiger partial charge in [-0.05, 0) is 61.9 Å². The van der Waals surface area contributed by atoms with Crippen molar-refractivity contribution < 1.29 is 14.0 Å². The van der Waals surface area contributed by atoms with Crippen molar-refractivity contribution in [1.29, 1.82) is 0 Å². The SMILES string of the molecule is Cc1cc(C(=O)NCc2cccc(NC(=O)C(C)C)c2)c(C)n1-c1ccc(F)cc1. The maximum absolute atomic E-state index is 13.2. The number of anilines is 1. The maximum atomic E-state index is 13.2. The highest BCUT2D eigenvalue weighted by molar-refractivity contribution is 5.96. The van der Waals surface area contributed by atoms with E-state index in [1.807, 2.05) is 62.6 Å². The fourth-order valence-corrected chi connectivity index (χ4v) is 3.30. The summed E-state index contributed by atoms with van der Waals surface area (Å²) in [6, 6.07) is 15.4. The standard InChI is InChI=1S/C24H26FN3O2/c1-15(2)23(29)27-20-7-5-6-18(13-20)14-26-24(30)22-12-16(3)28(17(22)4)21-10-8-19(25)9-11-21/h5-13,15H,14H2,1-4H3,(H,26,30)(H,27,29). The van der Waals surface area contributed by atoms with Gasteiger partial charge < -0.3 is 15.2 Å². The molecule has 0 aliphatic rings. The van der Waals surface area contributed by atoms with E-state index in [9.17, 15) is 14.0 Å². The van der Waals surface area contributed by atoms with E-state index < -0.39 is 0 Å². The van der Waals surface area contributed by atoms with E-state index in [0.29, 0.717) is 17.8 Å². The molecule has 30 heavy (non-hydrogen) atoms. The molecule has 1 heterocycles. The molecule has 0 saturated carbocycles. The van der Waals surface area contributed by atoms with Crippen LogP contribution in [0.2, 0.25) is 0 Å². The second kappa shape index (κ2) is 8.95. The Morgan fingerprint density at radius 2 is 1.73 bits per heavy atom. The van der Waals surface area contributed by atoms with Gasteiger partial charge in [0, 0.05) is 35.2 Å². The van der Waals surface area contributed by atoms with E-state index in [0.717, 1.165) is 22.6 Å². The number of nitrogens with one attached hydrogen (secondary N) is 2. The highest BCUT2D eigenvalue weighted by atomic mass is 19.1. The van der Waals surface area contributed by atoms with Crippen molar-refractivity contribution in [3.63, 3.8) is 0 Å². The van der Waals surface area contributed by atoms with Gasteiger partial charge in [-0.25, -0.2) is 4.39 Å². The second-order valence-electron chi connectivity index (χ2n) is 7.62. The molecule has 0 aliphatic heterocycles. The zero-order valence-corrected chi connectivity index (χ0v) is 17.6. The van der Waals surface area contributed by atoms with Gasteiger partial charge in [0.25, 0.3) is 5.91 Å². The molecule has 0 spiro atoms. The van der Waals surface area contributed by atoms with Crippen LogP contribution in [0.15, 0.2) is 54.6 Å². The third-order valence-corrected chi connectivity index (χ3v) is 4.93. The van der Waals surface area contributed by atoms with Crippen LogP contribution < -0.4 is 10.6 Å². The monoisotopic (exact) mass is 407 g/mol. The topological polar surface area (TPSA) is 63.1 Å². The number of benzene rings is 2. The van der Waals surface area contributed by atoms with Crippen LogP contribution in [0.5, 0.6) is 0 Å². The lowest BCUT2D eigenvalue weighted by molar-refractivity contribution is -0.118. The van der Waals surface area contributed by atoms with Crippen LogP contribution in [0.25, 0.3) is 5.69 Å². The minimum Gasteiger partial charge on any atom is -0.348 e. The van der Waals surface area contributed by atoms with Crippen molar-refractivity contribution in [3.05, 3.63) is 82.9 Å². The summed E-state index contributed by atoms with van der Waals surface area (Å²) < 4.78 is 15.2. The van der Waals surface area contributed by atoms with Gasteiger partial charge in [0.1, 0.15) is 5.82 Å². The first-order chi connectivity index (χ1) is 14.3. The van der Waals surface area contributed by atoms with Gasteiger partial charge in [0.2, 0.25) is 5.91 Å². The summed E-state index contributed by atoms with van der Waals surface area (Å²) in [5, 5.41) is 5.80. The Hall–Kier alpha value is -3.41. The molecule has 0 atom stereocenters. The number of carbonyl (C=O) groups is 2. The Kier molecular flexibility index (Phi) is 6.35. The van der Waals surface area contributed by atoms with E-state index in [4.69, 9.17) is 0 Å². The number of aryl methyl sites for hydroxylation is 1. The first-order valence-electron chi connectivity index (χ1n) is 9.89. The molecular formula is C24H26FN3O2. The molecule has 5 nitrogen and oxygen atoms in total. The Morgan fingerprint density at radius 3 is 2.40 bits per heavy atom. The van der Waals surface area contributed by atoms with Gasteiger partial charge in [-0.3, -0.25) is 9.59 Å². The van der Waals surface area contributed by atoms with E-state index in [-0.39, 0.29) is 23.5 Å². The third kappa shape index (κ3) is 4.76. The van der Waals surface area contributed by atoms with Crippen LogP contribution in [-0.2, 0) is 11.3 Å². The predicted molar refractivity (Wildman–Crippen MR) is 116 cm³/mol. The minimum absolute atomic E-state index is 0.0515. The van der Waals surface area contributed by atoms with Gasteiger partial charge in [0.05, 0.1) is 5.56 Å². The third-order valence-electron chi connectivity index (χ3n) is 4.93. The summed E-state index contributed by atoms with van der Waals surface area (Å²) in [4.78, 5) is 24.7. The molecule has 2 amide bonds. The molecule has 0 aliphatic carbocycles. The van der Waals surface area contributed by atoms with Gasteiger partial charge in [-0.1, -0.05) is 26.0 Å². The van der Waals surface area contributed by atoms with E-state index >= 15 is 0 Å². The Bertz CT molecular complexity index is 1070. The normalized spacial score (nSPS) is 10.9. The lowest BCUT2D eigenvalue weighted by atomic mass is 10.1. The molecule has 0 saturated heterocycles. The number of hydrogen-bond acceptors (Lipinski definition) is 2. The largest absolute Gasteiger partial charge is 0.348 e. The first kappa shape index (κ1) is 21.3. The molecule has 156 valence electrons. The predicted octanol–water partition coefficient (Wildman–Crippen LogP) is 4.76. The van der Waals surface area contributed by atoms with Crippen LogP contribution in [0.4, 0.5) is 10.1 Å². The van der Waals surface area contributed by atoms with Gasteiger partial charge in [0.15, 0.2) is 0 Å². The second-order valence-corrected chi connectivity index (χ2v) is 7.62. The van der Waals surface area contributed by atoms with Crippen molar-refractivity contribution in [2.45, 2.75) is 34.2 Å². The van der Waals surface area contributed by atoms with E-state index in [2.05, 4.69) is 10.6 Å². The average Bonchev–Trinajstić information content (AvgIpc) is 3.01. The van der Waals surface area contributed by atoms with Gasteiger partial charge >= 0.3 is 0 Å². The number of amides is 2. The van der Waals surface area contributed by atoms with Crippen molar-refractivity contribution in [3.8, 4) is 5.69 Å². The highest BCUT2D eigenvalue weighted by Gasteiger charge is 2.16. The van der Waals surface area contributed by atoms with Crippen LogP contribution in [0, 0.1) is 25.6 Å². The Labute approximate surface area is 175 Å². The van der Waals surface area contributed by atoms with Crippen molar-refractivity contribution in [1.82, 2.24) is 9.88 Å². The molecule has 2 N–H and O–H groups in total. The number of nitrogens with zero attached hydrogens (tertiary/aromatic N) is 1. The quantitative estimate of drug-likeness (QED) is 0.619. The molecule has 0 fully saturated rings.